The van der Waals surface area contributed by atoms with Crippen LogP contribution >= 0.6 is 0 Å². The van der Waals surface area contributed by atoms with E-state index in [0.717, 1.165) is 5.92 Å². The molecule has 2 heteroatoms. The van der Waals surface area contributed by atoms with Gasteiger partial charge in [0.15, 0.2) is 0 Å². The molecule has 2 unspecified atom stereocenters. The molecule has 1 saturated carbocycles. The van der Waals surface area contributed by atoms with Gasteiger partial charge in [-0.05, 0) is 43.4 Å². The molecule has 1 fully saturated rings. The molecule has 94 valence electrons. The number of rotatable bonds is 4. The van der Waals surface area contributed by atoms with Crippen LogP contribution in [0.25, 0.3) is 0 Å². The summed E-state index contributed by atoms with van der Waals surface area (Å²) < 4.78 is 12.9. The Morgan fingerprint density at radius 3 is 2.65 bits per heavy atom. The minimum absolute atomic E-state index is 0.159. The molecule has 1 aliphatic rings. The summed E-state index contributed by atoms with van der Waals surface area (Å²) in [7, 11) is 0. The van der Waals surface area contributed by atoms with E-state index in [4.69, 9.17) is 0 Å². The molecule has 17 heavy (non-hydrogen) atoms. The average Bonchev–Trinajstić information content (AvgIpc) is 2.77. The van der Waals surface area contributed by atoms with Crippen molar-refractivity contribution in [1.29, 1.82) is 0 Å². The second-order valence-electron chi connectivity index (χ2n) is 5.15. The zero-order chi connectivity index (χ0) is 12.3. The van der Waals surface area contributed by atoms with Gasteiger partial charge in [-0.15, -0.1) is 0 Å². The second-order valence-corrected chi connectivity index (χ2v) is 5.15. The quantitative estimate of drug-likeness (QED) is 0.830. The van der Waals surface area contributed by atoms with Crippen molar-refractivity contribution < 1.29 is 4.39 Å². The highest BCUT2D eigenvalue weighted by Gasteiger charge is 2.26. The predicted molar refractivity (Wildman–Crippen MR) is 69.4 cm³/mol. The molecule has 3 atom stereocenters. The molecule has 0 saturated heterocycles. The van der Waals surface area contributed by atoms with Crippen LogP contribution in [0.4, 0.5) is 4.39 Å². The fourth-order valence-electron chi connectivity index (χ4n) is 2.91. The topological polar surface area (TPSA) is 12.0 Å². The normalized spacial score (nSPS) is 26.1. The Morgan fingerprint density at radius 2 is 2.00 bits per heavy atom. The molecule has 0 amide bonds. The summed E-state index contributed by atoms with van der Waals surface area (Å²) in [5.41, 5.74) is 1.17. The van der Waals surface area contributed by atoms with Crippen LogP contribution in [0.15, 0.2) is 24.3 Å². The Labute approximate surface area is 103 Å². The Balaban J connectivity index is 1.96. The highest BCUT2D eigenvalue weighted by Crippen LogP contribution is 2.30. The molecule has 0 heterocycles. The summed E-state index contributed by atoms with van der Waals surface area (Å²) in [6.07, 6.45) is 5.23. The molecule has 1 aromatic rings. The van der Waals surface area contributed by atoms with Gasteiger partial charge in [0.25, 0.3) is 0 Å². The largest absolute Gasteiger partial charge is 0.307 e. The second kappa shape index (κ2) is 5.63. The maximum absolute atomic E-state index is 12.9. The van der Waals surface area contributed by atoms with Crippen LogP contribution in [0.5, 0.6) is 0 Å². The monoisotopic (exact) mass is 235 g/mol. The van der Waals surface area contributed by atoms with Crippen LogP contribution in [0.1, 0.15) is 51.1 Å². The minimum atomic E-state index is -0.159. The number of hydrogen-bond acceptors (Lipinski definition) is 1. The first-order valence-corrected chi connectivity index (χ1v) is 6.72. The van der Waals surface area contributed by atoms with E-state index in [-0.39, 0.29) is 5.82 Å². The van der Waals surface area contributed by atoms with Crippen molar-refractivity contribution in [2.24, 2.45) is 5.92 Å². The number of hydrogen-bond donors (Lipinski definition) is 1. The summed E-state index contributed by atoms with van der Waals surface area (Å²) in [5, 5.41) is 3.69. The van der Waals surface area contributed by atoms with Crippen molar-refractivity contribution in [3.63, 3.8) is 0 Å². The molecule has 0 radical (unpaired) electrons. The third kappa shape index (κ3) is 3.06. The van der Waals surface area contributed by atoms with Crippen LogP contribution in [0.2, 0.25) is 0 Å². The van der Waals surface area contributed by atoms with Gasteiger partial charge in [0, 0.05) is 12.1 Å². The Morgan fingerprint density at radius 1 is 1.29 bits per heavy atom. The van der Waals surface area contributed by atoms with Gasteiger partial charge in [-0.2, -0.15) is 0 Å². The number of halogens is 1. The Kier molecular flexibility index (Phi) is 4.16. The lowest BCUT2D eigenvalue weighted by molar-refractivity contribution is 0.360. The molecule has 1 aliphatic carbocycles. The molecular formula is C15H22FN. The molecule has 0 bridgehead atoms. The van der Waals surface area contributed by atoms with E-state index in [1.165, 1.54) is 31.2 Å². The van der Waals surface area contributed by atoms with Crippen molar-refractivity contribution in [2.75, 3.05) is 0 Å². The Hall–Kier alpha value is -0.890. The fourth-order valence-corrected chi connectivity index (χ4v) is 2.91. The van der Waals surface area contributed by atoms with E-state index in [9.17, 15) is 4.39 Å². The molecule has 1 N–H and O–H groups in total. The summed E-state index contributed by atoms with van der Waals surface area (Å²) in [4.78, 5) is 0. The van der Waals surface area contributed by atoms with Crippen molar-refractivity contribution >= 4 is 0 Å². The van der Waals surface area contributed by atoms with Gasteiger partial charge in [0.05, 0.1) is 0 Å². The van der Waals surface area contributed by atoms with Crippen molar-refractivity contribution in [2.45, 2.75) is 51.6 Å². The first-order valence-electron chi connectivity index (χ1n) is 6.72. The van der Waals surface area contributed by atoms with E-state index in [2.05, 4.69) is 19.2 Å². The van der Waals surface area contributed by atoms with Gasteiger partial charge in [-0.25, -0.2) is 4.39 Å². The van der Waals surface area contributed by atoms with Gasteiger partial charge in [0.2, 0.25) is 0 Å². The number of nitrogens with one attached hydrogen (secondary N) is 1. The maximum Gasteiger partial charge on any atom is 0.123 e. The third-order valence-corrected chi connectivity index (χ3v) is 4.02. The summed E-state index contributed by atoms with van der Waals surface area (Å²) in [5.74, 6) is 0.658. The Bertz CT molecular complexity index is 346. The van der Waals surface area contributed by atoms with E-state index in [1.54, 1.807) is 12.1 Å². The summed E-state index contributed by atoms with van der Waals surface area (Å²) in [6.45, 7) is 4.44. The lowest BCUT2D eigenvalue weighted by Crippen LogP contribution is -2.34. The summed E-state index contributed by atoms with van der Waals surface area (Å²) in [6, 6.07) is 7.79. The van der Waals surface area contributed by atoms with E-state index in [0.29, 0.717) is 12.1 Å². The SMILES string of the molecule is CCC1CCCC1N[C@@H](C)c1ccc(F)cc1. The zero-order valence-electron chi connectivity index (χ0n) is 10.7. The highest BCUT2D eigenvalue weighted by atomic mass is 19.1. The van der Waals surface area contributed by atoms with E-state index >= 15 is 0 Å². The molecule has 0 aromatic heterocycles. The standard InChI is InChI=1S/C15H22FN/c1-3-12-5-4-6-15(12)17-11(2)13-7-9-14(16)10-8-13/h7-12,15,17H,3-6H2,1-2H3/t11-,12?,15?/m0/s1. The van der Waals surface area contributed by atoms with Crippen LogP contribution in [-0.2, 0) is 0 Å². The third-order valence-electron chi connectivity index (χ3n) is 4.02. The van der Waals surface area contributed by atoms with Crippen LogP contribution in [0.3, 0.4) is 0 Å². The van der Waals surface area contributed by atoms with Crippen molar-refractivity contribution in [1.82, 2.24) is 5.32 Å². The lowest BCUT2D eigenvalue weighted by atomic mass is 9.98. The van der Waals surface area contributed by atoms with Crippen molar-refractivity contribution in [3.8, 4) is 0 Å². The zero-order valence-corrected chi connectivity index (χ0v) is 10.7. The highest BCUT2D eigenvalue weighted by molar-refractivity contribution is 5.19. The predicted octanol–water partition coefficient (Wildman–Crippen LogP) is 4.06. The van der Waals surface area contributed by atoms with Gasteiger partial charge < -0.3 is 5.32 Å². The molecule has 1 aromatic carbocycles. The van der Waals surface area contributed by atoms with E-state index in [1.807, 2.05) is 12.1 Å². The van der Waals surface area contributed by atoms with Crippen LogP contribution in [-0.4, -0.2) is 6.04 Å². The summed E-state index contributed by atoms with van der Waals surface area (Å²) >= 11 is 0. The van der Waals surface area contributed by atoms with Crippen LogP contribution < -0.4 is 5.32 Å². The van der Waals surface area contributed by atoms with E-state index < -0.39 is 0 Å². The smallest absolute Gasteiger partial charge is 0.123 e. The van der Waals surface area contributed by atoms with Gasteiger partial charge in [-0.3, -0.25) is 0 Å². The first-order chi connectivity index (χ1) is 8.20. The molecular weight excluding hydrogens is 213 g/mol. The van der Waals surface area contributed by atoms with Crippen LogP contribution in [0, 0.1) is 11.7 Å². The maximum atomic E-state index is 12.9. The number of benzene rings is 1. The minimum Gasteiger partial charge on any atom is -0.307 e. The van der Waals surface area contributed by atoms with Crippen molar-refractivity contribution in [3.05, 3.63) is 35.6 Å². The molecule has 0 spiro atoms. The molecule has 0 aliphatic heterocycles. The first kappa shape index (κ1) is 12.6. The lowest BCUT2D eigenvalue weighted by Gasteiger charge is -2.24. The average molecular weight is 235 g/mol. The van der Waals surface area contributed by atoms with Gasteiger partial charge >= 0.3 is 0 Å². The fraction of sp³-hybridized carbons (Fsp3) is 0.600. The van der Waals surface area contributed by atoms with Gasteiger partial charge in [-0.1, -0.05) is 31.9 Å². The van der Waals surface area contributed by atoms with Gasteiger partial charge in [0.1, 0.15) is 5.82 Å². The molecule has 1 nitrogen and oxygen atoms in total. The molecule has 2 rings (SSSR count).